The van der Waals surface area contributed by atoms with Crippen molar-refractivity contribution in [2.24, 2.45) is 5.10 Å². The van der Waals surface area contributed by atoms with Crippen molar-refractivity contribution in [2.45, 2.75) is 23.8 Å². The number of nitrogens with zero attached hydrogens (tertiary/aromatic N) is 2. The van der Waals surface area contributed by atoms with Crippen LogP contribution in [0.2, 0.25) is 5.02 Å². The minimum atomic E-state index is -3.87. The van der Waals surface area contributed by atoms with Crippen molar-refractivity contribution >= 4 is 62.3 Å². The number of hydrogen-bond donors (Lipinski definition) is 2. The number of sulfonamides is 1. The predicted octanol–water partition coefficient (Wildman–Crippen LogP) is 2.72. The molecule has 1 heterocycles. The van der Waals surface area contributed by atoms with Crippen LogP contribution in [-0.2, 0) is 19.6 Å². The zero-order valence-electron chi connectivity index (χ0n) is 17.9. The fourth-order valence-corrected chi connectivity index (χ4v) is 5.93. The molecule has 1 saturated heterocycles. The molecular formula is C21H21ClIN3O7S. The summed E-state index contributed by atoms with van der Waals surface area (Å²) in [5.41, 5.74) is 2.96. The Morgan fingerprint density at radius 2 is 2.03 bits per heavy atom. The van der Waals surface area contributed by atoms with Crippen LogP contribution in [0.4, 0.5) is 0 Å². The Bertz CT molecular complexity index is 1210. The number of carbonyl (C=O) groups is 2. The summed E-state index contributed by atoms with van der Waals surface area (Å²) in [7, 11) is -2.45. The van der Waals surface area contributed by atoms with Gasteiger partial charge in [0.2, 0.25) is 10.0 Å². The molecular weight excluding hydrogens is 601 g/mol. The number of methoxy groups -OCH3 is 1. The van der Waals surface area contributed by atoms with E-state index in [1.165, 1.54) is 41.9 Å². The maximum atomic E-state index is 13.0. The van der Waals surface area contributed by atoms with Gasteiger partial charge in [0, 0.05) is 11.6 Å². The summed E-state index contributed by atoms with van der Waals surface area (Å²) in [5, 5.41) is 13.2. The smallest absolute Gasteiger partial charge is 0.341 e. The van der Waals surface area contributed by atoms with Gasteiger partial charge in [0.25, 0.3) is 5.91 Å². The first-order valence-electron chi connectivity index (χ1n) is 9.96. The van der Waals surface area contributed by atoms with Crippen LogP contribution in [0.5, 0.6) is 11.5 Å². The van der Waals surface area contributed by atoms with Crippen LogP contribution in [0.3, 0.4) is 0 Å². The second-order valence-corrected chi connectivity index (χ2v) is 10.7. The summed E-state index contributed by atoms with van der Waals surface area (Å²) in [5.74, 6) is -1.09. The highest BCUT2D eigenvalue weighted by molar-refractivity contribution is 14.1. The van der Waals surface area contributed by atoms with E-state index in [0.29, 0.717) is 32.7 Å². The summed E-state index contributed by atoms with van der Waals surface area (Å²) in [6, 6.07) is 8.13. The summed E-state index contributed by atoms with van der Waals surface area (Å²) < 4.78 is 38.2. The number of halogens is 2. The number of aliphatic carboxylic acids is 1. The summed E-state index contributed by atoms with van der Waals surface area (Å²) >= 11 is 7.81. The Hall–Kier alpha value is -2.42. The third kappa shape index (κ3) is 6.17. The normalized spacial score (nSPS) is 16.5. The molecule has 1 fully saturated rings. The topological polar surface area (TPSA) is 135 Å². The molecule has 0 bridgehead atoms. The van der Waals surface area contributed by atoms with Crippen LogP contribution in [0.25, 0.3) is 0 Å². The molecule has 0 unspecified atom stereocenters. The molecule has 2 aromatic carbocycles. The summed E-state index contributed by atoms with van der Waals surface area (Å²) in [6.07, 6.45) is 2.29. The van der Waals surface area contributed by atoms with Gasteiger partial charge >= 0.3 is 5.97 Å². The maximum Gasteiger partial charge on any atom is 0.341 e. The van der Waals surface area contributed by atoms with Gasteiger partial charge in [-0.3, -0.25) is 4.79 Å². The second-order valence-electron chi connectivity index (χ2n) is 7.18. The largest absolute Gasteiger partial charge is 0.493 e. The highest BCUT2D eigenvalue weighted by atomic mass is 127. The second kappa shape index (κ2) is 11.3. The molecule has 2 N–H and O–H groups in total. The monoisotopic (exact) mass is 621 g/mol. The van der Waals surface area contributed by atoms with Gasteiger partial charge in [0.05, 0.1) is 21.8 Å². The molecule has 1 aliphatic heterocycles. The van der Waals surface area contributed by atoms with Gasteiger partial charge in [-0.1, -0.05) is 11.6 Å². The summed E-state index contributed by atoms with van der Waals surface area (Å²) in [6.45, 7) is -0.299. The van der Waals surface area contributed by atoms with Crippen LogP contribution in [0, 0.1) is 3.57 Å². The van der Waals surface area contributed by atoms with Crippen LogP contribution in [-0.4, -0.2) is 62.2 Å². The number of rotatable bonds is 9. The first-order chi connectivity index (χ1) is 16.1. The molecule has 10 nitrogen and oxygen atoms in total. The predicted molar refractivity (Wildman–Crippen MR) is 133 cm³/mol. The molecule has 0 saturated carbocycles. The number of benzene rings is 2. The first-order valence-corrected chi connectivity index (χ1v) is 12.9. The number of nitrogens with one attached hydrogen (secondary N) is 1. The van der Waals surface area contributed by atoms with E-state index in [-0.39, 0.29) is 17.2 Å². The van der Waals surface area contributed by atoms with E-state index >= 15 is 0 Å². The van der Waals surface area contributed by atoms with Gasteiger partial charge in [0.15, 0.2) is 18.1 Å². The van der Waals surface area contributed by atoms with E-state index in [1.54, 1.807) is 12.1 Å². The minimum Gasteiger partial charge on any atom is -0.493 e. The number of hydrazone groups is 1. The van der Waals surface area contributed by atoms with Gasteiger partial charge in [-0.2, -0.15) is 9.41 Å². The molecule has 2 aromatic rings. The summed E-state index contributed by atoms with van der Waals surface area (Å²) in [4.78, 5) is 23.5. The van der Waals surface area contributed by atoms with E-state index in [9.17, 15) is 18.0 Å². The molecule has 1 atom stereocenters. The number of amides is 1. The van der Waals surface area contributed by atoms with Gasteiger partial charge in [-0.25, -0.2) is 18.6 Å². The average Bonchev–Trinajstić information content (AvgIpc) is 3.29. The van der Waals surface area contributed by atoms with Crippen molar-refractivity contribution in [3.05, 3.63) is 50.6 Å². The van der Waals surface area contributed by atoms with E-state index in [2.05, 4.69) is 10.5 Å². The molecule has 1 amide bonds. The zero-order chi connectivity index (χ0) is 24.9. The van der Waals surface area contributed by atoms with Crippen molar-refractivity contribution in [2.75, 3.05) is 20.3 Å². The molecule has 182 valence electrons. The van der Waals surface area contributed by atoms with Crippen LogP contribution in [0.15, 0.2) is 46.4 Å². The lowest BCUT2D eigenvalue weighted by Crippen LogP contribution is -2.44. The van der Waals surface area contributed by atoms with E-state index in [0.717, 1.165) is 0 Å². The average molecular weight is 622 g/mol. The molecule has 0 aliphatic carbocycles. The number of carboxylic acid groups (broad SMARTS) is 1. The third-order valence-corrected chi connectivity index (χ3v) is 7.88. The quantitative estimate of drug-likeness (QED) is 0.250. The van der Waals surface area contributed by atoms with Crippen molar-refractivity contribution < 1.29 is 32.6 Å². The fourth-order valence-electron chi connectivity index (χ4n) is 3.37. The van der Waals surface area contributed by atoms with E-state index in [4.69, 9.17) is 26.2 Å². The van der Waals surface area contributed by atoms with Gasteiger partial charge in [-0.05, 0) is 77.4 Å². The number of ether oxygens (including phenoxy) is 2. The van der Waals surface area contributed by atoms with Crippen LogP contribution >= 0.6 is 34.2 Å². The number of carbonyl (C=O) groups excluding carboxylic acids is 1. The Labute approximate surface area is 215 Å². The molecule has 3 rings (SSSR count). The van der Waals surface area contributed by atoms with Crippen molar-refractivity contribution in [3.63, 3.8) is 0 Å². The lowest BCUT2D eigenvalue weighted by molar-refractivity contribution is -0.139. The highest BCUT2D eigenvalue weighted by Gasteiger charge is 2.39. The Morgan fingerprint density at radius 1 is 1.32 bits per heavy atom. The molecule has 34 heavy (non-hydrogen) atoms. The molecule has 0 aromatic heterocycles. The Balaban J connectivity index is 1.71. The van der Waals surface area contributed by atoms with Gasteiger partial charge in [0.1, 0.15) is 6.04 Å². The molecule has 0 spiro atoms. The lowest BCUT2D eigenvalue weighted by Gasteiger charge is -2.22. The maximum absolute atomic E-state index is 13.0. The van der Waals surface area contributed by atoms with Gasteiger partial charge in [-0.15, -0.1) is 0 Å². The van der Waals surface area contributed by atoms with E-state index in [1.807, 2.05) is 22.6 Å². The van der Waals surface area contributed by atoms with Crippen LogP contribution in [0.1, 0.15) is 18.4 Å². The van der Waals surface area contributed by atoms with E-state index < -0.39 is 34.5 Å². The first kappa shape index (κ1) is 26.2. The molecule has 0 radical (unpaired) electrons. The Morgan fingerprint density at radius 3 is 2.68 bits per heavy atom. The fraction of sp³-hybridized carbons (Fsp3) is 0.286. The standard InChI is InChI=1S/C21H21ClIN3O7S/c1-32-18-10-13(9-16(23)20(18)33-12-19(27)28)11-24-25-21(29)17-3-2-8-26(17)34(30,31)15-6-4-14(22)5-7-15/h4-7,9-11,17H,2-3,8,12H2,1H3,(H,25,29)(H,27,28)/b24-11-/t17-/m0/s1. The molecule has 13 heteroatoms. The minimum absolute atomic E-state index is 0.0620. The lowest BCUT2D eigenvalue weighted by atomic mass is 10.2. The van der Waals surface area contributed by atoms with Crippen LogP contribution < -0.4 is 14.9 Å². The third-order valence-electron chi connectivity index (χ3n) is 4.91. The van der Waals surface area contributed by atoms with Crippen molar-refractivity contribution in [1.29, 1.82) is 0 Å². The Kier molecular flexibility index (Phi) is 8.73. The highest BCUT2D eigenvalue weighted by Crippen LogP contribution is 2.33. The zero-order valence-corrected chi connectivity index (χ0v) is 21.6. The SMILES string of the molecule is COc1cc(/C=N\NC(=O)[C@@H]2CCCN2S(=O)(=O)c2ccc(Cl)cc2)cc(I)c1OCC(=O)O. The number of carboxylic acids is 1. The number of hydrogen-bond acceptors (Lipinski definition) is 7. The van der Waals surface area contributed by atoms with Crippen molar-refractivity contribution in [1.82, 2.24) is 9.73 Å². The van der Waals surface area contributed by atoms with Crippen molar-refractivity contribution in [3.8, 4) is 11.5 Å². The van der Waals surface area contributed by atoms with Gasteiger partial charge < -0.3 is 14.6 Å². The molecule has 1 aliphatic rings.